The molecule has 4 atom stereocenters. The van der Waals surface area contributed by atoms with Crippen molar-refractivity contribution in [3.05, 3.63) is 23.8 Å². The summed E-state index contributed by atoms with van der Waals surface area (Å²) in [6.07, 6.45) is -4.03. The number of aromatic nitrogens is 2. The molecule has 0 aliphatic carbocycles. The number of fused-ring (bicyclic) bond motifs is 1. The highest BCUT2D eigenvalue weighted by atomic mass is 16.6. The first kappa shape index (κ1) is 15.2. The summed E-state index contributed by atoms with van der Waals surface area (Å²) in [4.78, 5) is 4.46. The minimum atomic E-state index is -1.17. The van der Waals surface area contributed by atoms with Crippen molar-refractivity contribution >= 4 is 11.0 Å². The maximum atomic E-state index is 10.3. The largest absolute Gasteiger partial charge is 0.465 e. The Labute approximate surface area is 127 Å². The number of benzene rings is 1. The van der Waals surface area contributed by atoms with Crippen molar-refractivity contribution < 1.29 is 24.8 Å². The van der Waals surface area contributed by atoms with Crippen LogP contribution in [0.2, 0.25) is 0 Å². The monoisotopic (exact) mass is 308 g/mol. The Kier molecular flexibility index (Phi) is 4.05. The number of aliphatic hydroxyl groups excluding tert-OH is 3. The second-order valence-electron chi connectivity index (χ2n) is 5.37. The highest BCUT2D eigenvalue weighted by Crippen LogP contribution is 2.36. The Balaban J connectivity index is 2.13. The Morgan fingerprint density at radius 1 is 1.32 bits per heavy atom. The molecule has 1 saturated heterocycles. The van der Waals surface area contributed by atoms with Crippen molar-refractivity contribution in [1.82, 2.24) is 9.55 Å². The van der Waals surface area contributed by atoms with E-state index >= 15 is 0 Å². The number of rotatable bonds is 4. The van der Waals surface area contributed by atoms with Gasteiger partial charge in [-0.25, -0.2) is 0 Å². The molecule has 3 rings (SSSR count). The van der Waals surface area contributed by atoms with Gasteiger partial charge in [-0.1, -0.05) is 12.1 Å². The van der Waals surface area contributed by atoms with Gasteiger partial charge in [0.25, 0.3) is 6.01 Å². The summed E-state index contributed by atoms with van der Waals surface area (Å²) >= 11 is 0. The summed E-state index contributed by atoms with van der Waals surface area (Å²) in [5.74, 6) is 0. The van der Waals surface area contributed by atoms with Crippen molar-refractivity contribution in [1.29, 1.82) is 0 Å². The third-order valence-electron chi connectivity index (χ3n) is 3.93. The lowest BCUT2D eigenvalue weighted by molar-refractivity contribution is -0.0539. The lowest BCUT2D eigenvalue weighted by Gasteiger charge is -2.19. The van der Waals surface area contributed by atoms with E-state index in [0.29, 0.717) is 12.6 Å². The van der Waals surface area contributed by atoms with E-state index in [2.05, 4.69) is 4.98 Å². The predicted molar refractivity (Wildman–Crippen MR) is 78.6 cm³/mol. The van der Waals surface area contributed by atoms with Crippen molar-refractivity contribution in [3.8, 4) is 6.01 Å². The molecule has 2 heterocycles. The number of imidazole rings is 1. The topological polar surface area (TPSA) is 97.0 Å². The molecule has 0 saturated carbocycles. The molecule has 7 heteroatoms. The van der Waals surface area contributed by atoms with E-state index in [1.807, 2.05) is 32.0 Å². The average molecular weight is 308 g/mol. The van der Waals surface area contributed by atoms with E-state index in [0.717, 1.165) is 16.6 Å². The van der Waals surface area contributed by atoms with E-state index in [4.69, 9.17) is 9.47 Å². The summed E-state index contributed by atoms with van der Waals surface area (Å²) in [5, 5.41) is 29.5. The normalized spacial score (nSPS) is 28.4. The first-order valence-electron chi connectivity index (χ1n) is 7.31. The summed E-state index contributed by atoms with van der Waals surface area (Å²) < 4.78 is 12.8. The molecule has 120 valence electrons. The van der Waals surface area contributed by atoms with E-state index in [1.54, 1.807) is 4.57 Å². The van der Waals surface area contributed by atoms with Crippen molar-refractivity contribution in [2.24, 2.45) is 0 Å². The van der Waals surface area contributed by atoms with Gasteiger partial charge >= 0.3 is 0 Å². The molecular weight excluding hydrogens is 288 g/mol. The molecule has 0 bridgehead atoms. The minimum absolute atomic E-state index is 0.321. The zero-order valence-electron chi connectivity index (χ0n) is 12.5. The van der Waals surface area contributed by atoms with Crippen molar-refractivity contribution in [2.75, 3.05) is 13.2 Å². The van der Waals surface area contributed by atoms with Crippen LogP contribution in [0.4, 0.5) is 0 Å². The Hall–Kier alpha value is -1.67. The molecule has 1 aromatic carbocycles. The van der Waals surface area contributed by atoms with Gasteiger partial charge in [-0.2, -0.15) is 4.98 Å². The van der Waals surface area contributed by atoms with Crippen LogP contribution in [0, 0.1) is 6.92 Å². The number of ether oxygens (including phenoxy) is 2. The number of aliphatic hydroxyl groups is 3. The number of para-hydroxylation sites is 1. The average Bonchev–Trinajstić information content (AvgIpc) is 3.00. The quantitative estimate of drug-likeness (QED) is 0.754. The Bertz CT molecular complexity index is 671. The maximum absolute atomic E-state index is 10.3. The van der Waals surface area contributed by atoms with E-state index in [9.17, 15) is 15.3 Å². The summed E-state index contributed by atoms with van der Waals surface area (Å²) in [7, 11) is 0. The van der Waals surface area contributed by atoms with Gasteiger partial charge in [0.05, 0.1) is 24.2 Å². The van der Waals surface area contributed by atoms with Crippen LogP contribution in [0.5, 0.6) is 6.01 Å². The van der Waals surface area contributed by atoms with Crippen LogP contribution in [0.25, 0.3) is 11.0 Å². The number of hydrogen-bond donors (Lipinski definition) is 3. The summed E-state index contributed by atoms with van der Waals surface area (Å²) in [6, 6.07) is 5.99. The Morgan fingerprint density at radius 3 is 2.73 bits per heavy atom. The lowest BCUT2D eigenvalue weighted by Crippen LogP contribution is -2.33. The van der Waals surface area contributed by atoms with Crippen LogP contribution in [0.15, 0.2) is 18.2 Å². The molecule has 1 aliphatic rings. The molecule has 3 N–H and O–H groups in total. The first-order valence-corrected chi connectivity index (χ1v) is 7.31. The molecule has 0 radical (unpaired) electrons. The fraction of sp³-hybridized carbons (Fsp3) is 0.533. The standard InChI is InChI=1S/C15H20N2O5/c1-3-21-15-16-11-8(2)5-4-6-9(11)17(15)14-13(20)12(19)10(7-18)22-14/h4-6,10,12-14,18-20H,3,7H2,1-2H3/t10-,12-,13-,14-/m1/s1. The Morgan fingerprint density at radius 2 is 2.09 bits per heavy atom. The van der Waals surface area contributed by atoms with Crippen LogP contribution in [-0.4, -0.2) is 56.4 Å². The van der Waals surface area contributed by atoms with Gasteiger partial charge in [-0.05, 0) is 25.5 Å². The fourth-order valence-corrected chi connectivity index (χ4v) is 2.81. The number of nitrogens with zero attached hydrogens (tertiary/aromatic N) is 2. The second kappa shape index (κ2) is 5.85. The SMILES string of the molecule is CCOc1nc2c(C)cccc2n1[C@@H]1O[C@H](CO)[C@@H](O)[C@H]1O. The molecule has 22 heavy (non-hydrogen) atoms. The smallest absolute Gasteiger partial charge is 0.299 e. The molecular formula is C15H20N2O5. The zero-order valence-corrected chi connectivity index (χ0v) is 12.5. The van der Waals surface area contributed by atoms with Gasteiger partial charge in [0.15, 0.2) is 6.23 Å². The van der Waals surface area contributed by atoms with E-state index < -0.39 is 24.5 Å². The van der Waals surface area contributed by atoms with Crippen LogP contribution in [-0.2, 0) is 4.74 Å². The molecule has 2 aromatic rings. The lowest BCUT2D eigenvalue weighted by atomic mass is 10.1. The van der Waals surface area contributed by atoms with E-state index in [-0.39, 0.29) is 6.61 Å². The minimum Gasteiger partial charge on any atom is -0.465 e. The number of hydrogen-bond acceptors (Lipinski definition) is 6. The summed E-state index contributed by atoms with van der Waals surface area (Å²) in [6.45, 7) is 3.82. The van der Waals surface area contributed by atoms with Crippen LogP contribution < -0.4 is 4.74 Å². The molecule has 0 spiro atoms. The fourth-order valence-electron chi connectivity index (χ4n) is 2.81. The highest BCUT2D eigenvalue weighted by molar-refractivity contribution is 5.80. The molecule has 0 amide bonds. The van der Waals surface area contributed by atoms with Gasteiger partial charge in [-0.3, -0.25) is 4.57 Å². The molecule has 1 fully saturated rings. The van der Waals surface area contributed by atoms with Gasteiger partial charge < -0.3 is 24.8 Å². The highest BCUT2D eigenvalue weighted by Gasteiger charge is 2.44. The summed E-state index contributed by atoms with van der Waals surface area (Å²) in [5.41, 5.74) is 2.48. The van der Waals surface area contributed by atoms with Gasteiger partial charge in [0, 0.05) is 0 Å². The van der Waals surface area contributed by atoms with Crippen molar-refractivity contribution in [2.45, 2.75) is 38.4 Å². The third kappa shape index (κ3) is 2.26. The number of aryl methyl sites for hydroxylation is 1. The van der Waals surface area contributed by atoms with E-state index in [1.165, 1.54) is 0 Å². The zero-order chi connectivity index (χ0) is 15.9. The predicted octanol–water partition coefficient (Wildman–Crippen LogP) is 0.355. The van der Waals surface area contributed by atoms with Gasteiger partial charge in [0.2, 0.25) is 0 Å². The van der Waals surface area contributed by atoms with Gasteiger partial charge in [0.1, 0.15) is 18.3 Å². The van der Waals surface area contributed by atoms with Crippen LogP contribution in [0.3, 0.4) is 0 Å². The molecule has 1 aliphatic heterocycles. The third-order valence-corrected chi connectivity index (χ3v) is 3.93. The maximum Gasteiger partial charge on any atom is 0.299 e. The first-order chi connectivity index (χ1) is 10.6. The van der Waals surface area contributed by atoms with Crippen LogP contribution in [0.1, 0.15) is 18.7 Å². The molecule has 0 unspecified atom stereocenters. The molecule has 1 aromatic heterocycles. The van der Waals surface area contributed by atoms with Crippen molar-refractivity contribution in [3.63, 3.8) is 0 Å². The molecule has 7 nitrogen and oxygen atoms in total. The second-order valence-corrected chi connectivity index (χ2v) is 5.37. The van der Waals surface area contributed by atoms with Crippen LogP contribution >= 0.6 is 0 Å². The van der Waals surface area contributed by atoms with Gasteiger partial charge in [-0.15, -0.1) is 0 Å².